The molecule has 0 heterocycles. The predicted octanol–water partition coefficient (Wildman–Crippen LogP) is 1.98. The van der Waals surface area contributed by atoms with Crippen LogP contribution in [0.15, 0.2) is 18.2 Å². The number of methoxy groups -OCH3 is 2. The Morgan fingerprint density at radius 3 is 2.33 bits per heavy atom. The Bertz CT molecular complexity index is 366. The standard InChI is InChI=1S/C14H23NO3/c1-10(2)8-15-12(9-16)11-5-6-13(17-3)14(7-11)18-4/h5-7,10,12,15-16H,8-9H2,1-4H3. The summed E-state index contributed by atoms with van der Waals surface area (Å²) >= 11 is 0. The molecule has 2 N–H and O–H groups in total. The summed E-state index contributed by atoms with van der Waals surface area (Å²) < 4.78 is 10.5. The van der Waals surface area contributed by atoms with E-state index in [1.54, 1.807) is 14.2 Å². The molecule has 0 aliphatic rings. The first-order valence-corrected chi connectivity index (χ1v) is 6.18. The Hall–Kier alpha value is -1.26. The molecule has 1 atom stereocenters. The van der Waals surface area contributed by atoms with Crippen LogP contribution in [0.3, 0.4) is 0 Å². The first-order valence-electron chi connectivity index (χ1n) is 6.18. The van der Waals surface area contributed by atoms with Crippen molar-refractivity contribution in [3.05, 3.63) is 23.8 Å². The van der Waals surface area contributed by atoms with Gasteiger partial charge in [0.2, 0.25) is 0 Å². The fraction of sp³-hybridized carbons (Fsp3) is 0.571. The summed E-state index contributed by atoms with van der Waals surface area (Å²) in [4.78, 5) is 0. The Labute approximate surface area is 109 Å². The van der Waals surface area contributed by atoms with E-state index in [0.717, 1.165) is 12.1 Å². The Morgan fingerprint density at radius 2 is 1.83 bits per heavy atom. The van der Waals surface area contributed by atoms with E-state index in [1.807, 2.05) is 18.2 Å². The highest BCUT2D eigenvalue weighted by Gasteiger charge is 2.13. The molecule has 0 bridgehead atoms. The van der Waals surface area contributed by atoms with Crippen molar-refractivity contribution in [1.29, 1.82) is 0 Å². The van der Waals surface area contributed by atoms with Crippen molar-refractivity contribution < 1.29 is 14.6 Å². The van der Waals surface area contributed by atoms with Crippen molar-refractivity contribution in [2.45, 2.75) is 19.9 Å². The lowest BCUT2D eigenvalue weighted by Gasteiger charge is -2.19. The molecule has 18 heavy (non-hydrogen) atoms. The van der Waals surface area contributed by atoms with Gasteiger partial charge in [0, 0.05) is 0 Å². The second kappa shape index (κ2) is 7.24. The number of benzene rings is 1. The average molecular weight is 253 g/mol. The first-order chi connectivity index (χ1) is 8.62. The Balaban J connectivity index is 2.85. The van der Waals surface area contributed by atoms with Crippen molar-refractivity contribution in [2.75, 3.05) is 27.4 Å². The largest absolute Gasteiger partial charge is 0.493 e. The molecule has 0 aliphatic heterocycles. The van der Waals surface area contributed by atoms with E-state index in [1.165, 1.54) is 0 Å². The lowest BCUT2D eigenvalue weighted by Crippen LogP contribution is -2.27. The molecule has 0 aliphatic carbocycles. The minimum absolute atomic E-state index is 0.0577. The molecular weight excluding hydrogens is 230 g/mol. The van der Waals surface area contributed by atoms with Crippen LogP contribution < -0.4 is 14.8 Å². The molecule has 102 valence electrons. The van der Waals surface area contributed by atoms with Gasteiger partial charge in [-0.3, -0.25) is 0 Å². The second-order valence-corrected chi connectivity index (χ2v) is 4.65. The summed E-state index contributed by atoms with van der Waals surface area (Å²) in [7, 11) is 3.22. The van der Waals surface area contributed by atoms with Gasteiger partial charge in [-0.1, -0.05) is 19.9 Å². The van der Waals surface area contributed by atoms with Gasteiger partial charge in [-0.15, -0.1) is 0 Å². The first kappa shape index (κ1) is 14.8. The van der Waals surface area contributed by atoms with Crippen LogP contribution in [0.5, 0.6) is 11.5 Å². The molecule has 1 rings (SSSR count). The maximum Gasteiger partial charge on any atom is 0.161 e. The monoisotopic (exact) mass is 253 g/mol. The van der Waals surface area contributed by atoms with E-state index in [4.69, 9.17) is 9.47 Å². The number of ether oxygens (including phenoxy) is 2. The topological polar surface area (TPSA) is 50.7 Å². The lowest BCUT2D eigenvalue weighted by atomic mass is 10.1. The maximum absolute atomic E-state index is 9.45. The van der Waals surface area contributed by atoms with Crippen LogP contribution in [-0.4, -0.2) is 32.5 Å². The molecule has 0 saturated heterocycles. The number of hydrogen-bond acceptors (Lipinski definition) is 4. The quantitative estimate of drug-likeness (QED) is 0.780. The minimum atomic E-state index is -0.0767. The summed E-state index contributed by atoms with van der Waals surface area (Å²) in [5.74, 6) is 1.92. The van der Waals surface area contributed by atoms with Crippen LogP contribution in [0.2, 0.25) is 0 Å². The highest BCUT2D eigenvalue weighted by molar-refractivity contribution is 5.43. The molecular formula is C14H23NO3. The SMILES string of the molecule is COc1ccc(C(CO)NCC(C)C)cc1OC. The van der Waals surface area contributed by atoms with Gasteiger partial charge >= 0.3 is 0 Å². The van der Waals surface area contributed by atoms with Crippen LogP contribution >= 0.6 is 0 Å². The minimum Gasteiger partial charge on any atom is -0.493 e. The van der Waals surface area contributed by atoms with Gasteiger partial charge in [0.15, 0.2) is 11.5 Å². The number of nitrogens with one attached hydrogen (secondary N) is 1. The van der Waals surface area contributed by atoms with Gasteiger partial charge in [0.05, 0.1) is 26.9 Å². The normalized spacial score (nSPS) is 12.6. The third kappa shape index (κ3) is 3.89. The molecule has 0 aromatic heterocycles. The summed E-state index contributed by atoms with van der Waals surface area (Å²) in [5.41, 5.74) is 0.996. The molecule has 4 heteroatoms. The summed E-state index contributed by atoms with van der Waals surface area (Å²) in [6, 6.07) is 5.61. The van der Waals surface area contributed by atoms with Crippen molar-refractivity contribution >= 4 is 0 Å². The molecule has 0 amide bonds. The van der Waals surface area contributed by atoms with E-state index >= 15 is 0 Å². The summed E-state index contributed by atoms with van der Waals surface area (Å²) in [6.07, 6.45) is 0. The van der Waals surface area contributed by atoms with Crippen molar-refractivity contribution in [2.24, 2.45) is 5.92 Å². The third-order valence-corrected chi connectivity index (χ3v) is 2.77. The van der Waals surface area contributed by atoms with Crippen molar-refractivity contribution in [1.82, 2.24) is 5.32 Å². The van der Waals surface area contributed by atoms with Crippen molar-refractivity contribution in [3.63, 3.8) is 0 Å². The van der Waals surface area contributed by atoms with E-state index in [2.05, 4.69) is 19.2 Å². The highest BCUT2D eigenvalue weighted by Crippen LogP contribution is 2.29. The fourth-order valence-electron chi connectivity index (χ4n) is 1.74. The van der Waals surface area contributed by atoms with E-state index in [9.17, 15) is 5.11 Å². The zero-order valence-electron chi connectivity index (χ0n) is 11.6. The number of aliphatic hydroxyl groups is 1. The third-order valence-electron chi connectivity index (χ3n) is 2.77. The van der Waals surface area contributed by atoms with Gasteiger partial charge < -0.3 is 19.9 Å². The zero-order valence-corrected chi connectivity index (χ0v) is 11.6. The second-order valence-electron chi connectivity index (χ2n) is 4.65. The number of hydrogen-bond donors (Lipinski definition) is 2. The van der Waals surface area contributed by atoms with Crippen LogP contribution in [0.25, 0.3) is 0 Å². The molecule has 1 aromatic rings. The van der Waals surface area contributed by atoms with Crippen LogP contribution in [0.1, 0.15) is 25.5 Å². The molecule has 0 radical (unpaired) electrons. The van der Waals surface area contributed by atoms with Gasteiger partial charge in [-0.25, -0.2) is 0 Å². The Kier molecular flexibility index (Phi) is 5.95. The zero-order chi connectivity index (χ0) is 13.5. The summed E-state index contributed by atoms with van der Waals surface area (Å²) in [5, 5.41) is 12.8. The van der Waals surface area contributed by atoms with E-state index in [0.29, 0.717) is 17.4 Å². The lowest BCUT2D eigenvalue weighted by molar-refractivity contribution is 0.240. The van der Waals surface area contributed by atoms with E-state index < -0.39 is 0 Å². The smallest absolute Gasteiger partial charge is 0.161 e. The maximum atomic E-state index is 9.45. The van der Waals surface area contributed by atoms with Crippen molar-refractivity contribution in [3.8, 4) is 11.5 Å². The molecule has 0 fully saturated rings. The van der Waals surface area contributed by atoms with Gasteiger partial charge in [-0.2, -0.15) is 0 Å². The number of rotatable bonds is 7. The number of aliphatic hydroxyl groups excluding tert-OH is 1. The van der Waals surface area contributed by atoms with Gasteiger partial charge in [0.1, 0.15) is 0 Å². The van der Waals surface area contributed by atoms with Gasteiger partial charge in [-0.05, 0) is 30.2 Å². The molecule has 4 nitrogen and oxygen atoms in total. The van der Waals surface area contributed by atoms with Gasteiger partial charge in [0.25, 0.3) is 0 Å². The predicted molar refractivity (Wildman–Crippen MR) is 72.2 cm³/mol. The molecule has 0 saturated carbocycles. The fourth-order valence-corrected chi connectivity index (χ4v) is 1.74. The van der Waals surface area contributed by atoms with Crippen LogP contribution in [0, 0.1) is 5.92 Å². The average Bonchev–Trinajstić information content (AvgIpc) is 2.38. The van der Waals surface area contributed by atoms with Crippen LogP contribution in [0.4, 0.5) is 0 Å². The van der Waals surface area contributed by atoms with Crippen LogP contribution in [-0.2, 0) is 0 Å². The molecule has 1 aromatic carbocycles. The Morgan fingerprint density at radius 1 is 1.17 bits per heavy atom. The molecule has 0 spiro atoms. The molecule has 1 unspecified atom stereocenters. The summed E-state index contributed by atoms with van der Waals surface area (Å²) in [6.45, 7) is 5.19. The van der Waals surface area contributed by atoms with E-state index in [-0.39, 0.29) is 12.6 Å². The highest BCUT2D eigenvalue weighted by atomic mass is 16.5.